The average Bonchev–Trinajstić information content (AvgIpc) is 3.26. The zero-order valence-electron chi connectivity index (χ0n) is 22.6. The molecule has 2 bridgehead atoms. The number of rotatable bonds is 6. The molecule has 0 radical (unpaired) electrons. The van der Waals surface area contributed by atoms with E-state index in [0.717, 1.165) is 32.6 Å². The molecule has 1 amide bonds. The Morgan fingerprint density at radius 2 is 1.24 bits per heavy atom. The Morgan fingerprint density at radius 3 is 1.81 bits per heavy atom. The maximum atomic E-state index is 14.1. The molecule has 4 aliphatic heterocycles. The largest absolute Gasteiger partial charge is 0.338 e. The number of fused-ring (bicyclic) bond motifs is 4. The Hall–Kier alpha value is -2.17. The summed E-state index contributed by atoms with van der Waals surface area (Å²) in [5, 5.41) is 0. The highest BCUT2D eigenvalue weighted by Gasteiger charge is 2.54. The number of likely N-dealkylation sites (tertiary alicyclic amines) is 2. The standard InChI is InChI=1S/C33H45N3O/c37-31(17-23-34-19-9-3-10-20-34)36-24-18-33(35-21-11-4-12-22-35)25-29(27-13-5-1-6-14-27)32(36)30(26-33)28-15-7-2-8-16-28/h1-2,5-8,13-16,29-30,32H,3-4,9-12,17-26H2. The van der Waals surface area contributed by atoms with Gasteiger partial charge in [-0.05, 0) is 82.3 Å². The number of carbonyl (C=O) groups excluding carboxylic acids is 1. The van der Waals surface area contributed by atoms with Crippen LogP contribution >= 0.6 is 0 Å². The molecule has 2 unspecified atom stereocenters. The molecular weight excluding hydrogens is 454 g/mol. The minimum absolute atomic E-state index is 0.180. The van der Waals surface area contributed by atoms with E-state index in [2.05, 4.69) is 75.4 Å². The van der Waals surface area contributed by atoms with Crippen LogP contribution in [0.1, 0.15) is 87.2 Å². The molecule has 0 aromatic heterocycles. The molecule has 198 valence electrons. The summed E-state index contributed by atoms with van der Waals surface area (Å²) in [6.45, 7) is 6.59. The minimum atomic E-state index is 0.180. The molecule has 0 N–H and O–H groups in total. The topological polar surface area (TPSA) is 26.8 Å². The second kappa shape index (κ2) is 11.3. The lowest BCUT2D eigenvalue weighted by atomic mass is 9.63. The van der Waals surface area contributed by atoms with Crippen molar-refractivity contribution in [2.45, 2.75) is 87.6 Å². The maximum absolute atomic E-state index is 14.1. The van der Waals surface area contributed by atoms with Gasteiger partial charge in [0.1, 0.15) is 0 Å². The molecular formula is C33H45N3O. The van der Waals surface area contributed by atoms with Gasteiger partial charge in [-0.25, -0.2) is 0 Å². The first-order chi connectivity index (χ1) is 18.2. The van der Waals surface area contributed by atoms with Crippen LogP contribution in [-0.2, 0) is 4.79 Å². The molecule has 0 spiro atoms. The number of piperidine rings is 2. The van der Waals surface area contributed by atoms with E-state index in [1.165, 1.54) is 75.6 Å². The van der Waals surface area contributed by atoms with Gasteiger partial charge in [-0.2, -0.15) is 0 Å². The summed E-state index contributed by atoms with van der Waals surface area (Å²) in [6, 6.07) is 22.6. The number of nitrogens with zero attached hydrogens (tertiary/aromatic N) is 3. The summed E-state index contributed by atoms with van der Waals surface area (Å²) < 4.78 is 0. The van der Waals surface area contributed by atoms with Crippen molar-refractivity contribution in [3.05, 3.63) is 71.8 Å². The molecule has 2 aromatic rings. The summed E-state index contributed by atoms with van der Waals surface area (Å²) in [4.78, 5) is 21.9. The Balaban J connectivity index is 1.37. The summed E-state index contributed by atoms with van der Waals surface area (Å²) in [6.07, 6.45) is 12.0. The van der Waals surface area contributed by atoms with Crippen LogP contribution in [0.3, 0.4) is 0 Å². The van der Waals surface area contributed by atoms with Crippen LogP contribution < -0.4 is 0 Å². The Bertz CT molecular complexity index is 963. The van der Waals surface area contributed by atoms with Crippen LogP contribution in [0.25, 0.3) is 0 Å². The van der Waals surface area contributed by atoms with Gasteiger partial charge < -0.3 is 9.80 Å². The molecule has 5 aliphatic rings. The molecule has 37 heavy (non-hydrogen) atoms. The van der Waals surface area contributed by atoms with Gasteiger partial charge in [0.2, 0.25) is 5.91 Å². The van der Waals surface area contributed by atoms with Gasteiger partial charge >= 0.3 is 0 Å². The van der Waals surface area contributed by atoms with E-state index >= 15 is 0 Å². The minimum Gasteiger partial charge on any atom is -0.338 e. The lowest BCUT2D eigenvalue weighted by Gasteiger charge is -2.53. The average molecular weight is 500 g/mol. The molecule has 7 rings (SSSR count). The fourth-order valence-electron chi connectivity index (χ4n) is 8.23. The highest BCUT2D eigenvalue weighted by atomic mass is 16.2. The summed E-state index contributed by atoms with van der Waals surface area (Å²) in [5.74, 6) is 1.14. The van der Waals surface area contributed by atoms with Gasteiger partial charge in [0, 0.05) is 42.9 Å². The van der Waals surface area contributed by atoms with Crippen molar-refractivity contribution >= 4 is 5.91 Å². The van der Waals surface area contributed by atoms with Crippen molar-refractivity contribution in [1.82, 2.24) is 14.7 Å². The van der Waals surface area contributed by atoms with Gasteiger partial charge in [-0.1, -0.05) is 73.5 Å². The molecule has 2 aromatic carbocycles. The van der Waals surface area contributed by atoms with Gasteiger partial charge in [0.25, 0.3) is 0 Å². The van der Waals surface area contributed by atoms with Crippen molar-refractivity contribution in [2.24, 2.45) is 0 Å². The zero-order chi connectivity index (χ0) is 25.1. The quantitative estimate of drug-likeness (QED) is 0.484. The molecule has 4 saturated heterocycles. The van der Waals surface area contributed by atoms with Crippen molar-refractivity contribution in [3.63, 3.8) is 0 Å². The molecule has 1 aliphatic carbocycles. The monoisotopic (exact) mass is 499 g/mol. The number of carbonyl (C=O) groups is 1. The van der Waals surface area contributed by atoms with Crippen molar-refractivity contribution in [1.29, 1.82) is 0 Å². The summed E-state index contributed by atoms with van der Waals surface area (Å²) >= 11 is 0. The van der Waals surface area contributed by atoms with E-state index in [9.17, 15) is 4.79 Å². The Morgan fingerprint density at radius 1 is 0.703 bits per heavy atom. The highest BCUT2D eigenvalue weighted by Crippen LogP contribution is 2.54. The SMILES string of the molecule is O=C(CCN1CCCCC1)N1CCC2(N3CCCCC3)CC(c3ccccc3)C1C(c1ccccc1)C2. The first-order valence-corrected chi connectivity index (χ1v) is 15.1. The van der Waals surface area contributed by atoms with Crippen LogP contribution in [0.15, 0.2) is 60.7 Å². The van der Waals surface area contributed by atoms with Crippen molar-refractivity contribution in [2.75, 3.05) is 39.3 Å². The second-order valence-corrected chi connectivity index (χ2v) is 12.2. The Labute approximate surface area is 224 Å². The summed E-state index contributed by atoms with van der Waals surface area (Å²) in [7, 11) is 0. The predicted octanol–water partition coefficient (Wildman–Crippen LogP) is 6.05. The molecule has 2 atom stereocenters. The highest BCUT2D eigenvalue weighted by molar-refractivity contribution is 5.77. The van der Waals surface area contributed by atoms with E-state index in [0.29, 0.717) is 24.2 Å². The second-order valence-electron chi connectivity index (χ2n) is 12.2. The number of benzene rings is 2. The fraction of sp³-hybridized carbons (Fsp3) is 0.606. The summed E-state index contributed by atoms with van der Waals surface area (Å²) in [5.41, 5.74) is 3.02. The van der Waals surface area contributed by atoms with E-state index in [4.69, 9.17) is 0 Å². The molecule has 4 heterocycles. The van der Waals surface area contributed by atoms with E-state index in [1.807, 2.05) is 0 Å². The Kier molecular flexibility index (Phi) is 7.67. The zero-order valence-corrected chi connectivity index (χ0v) is 22.6. The molecule has 1 saturated carbocycles. The van der Waals surface area contributed by atoms with Gasteiger partial charge in [-0.15, -0.1) is 0 Å². The van der Waals surface area contributed by atoms with E-state index < -0.39 is 0 Å². The first-order valence-electron chi connectivity index (χ1n) is 15.1. The van der Waals surface area contributed by atoms with Crippen LogP contribution in [0.4, 0.5) is 0 Å². The third-order valence-corrected chi connectivity index (χ3v) is 10.1. The van der Waals surface area contributed by atoms with Gasteiger partial charge in [0.15, 0.2) is 0 Å². The first kappa shape index (κ1) is 25.1. The van der Waals surface area contributed by atoms with Crippen molar-refractivity contribution in [3.8, 4) is 0 Å². The van der Waals surface area contributed by atoms with Gasteiger partial charge in [-0.3, -0.25) is 9.69 Å². The van der Waals surface area contributed by atoms with E-state index in [1.54, 1.807) is 0 Å². The fourth-order valence-corrected chi connectivity index (χ4v) is 8.23. The van der Waals surface area contributed by atoms with Crippen LogP contribution in [0, 0.1) is 0 Å². The number of hydrogen-bond acceptors (Lipinski definition) is 3. The third kappa shape index (κ3) is 5.25. The number of amides is 1. The lowest BCUT2D eigenvalue weighted by molar-refractivity contribution is -0.134. The van der Waals surface area contributed by atoms with Crippen LogP contribution in [0.5, 0.6) is 0 Å². The number of hydrogen-bond donors (Lipinski definition) is 0. The molecule has 4 nitrogen and oxygen atoms in total. The smallest absolute Gasteiger partial charge is 0.224 e. The molecule has 4 heteroatoms. The molecule has 5 fully saturated rings. The van der Waals surface area contributed by atoms with Crippen LogP contribution in [0.2, 0.25) is 0 Å². The van der Waals surface area contributed by atoms with Gasteiger partial charge in [0.05, 0.1) is 0 Å². The third-order valence-electron chi connectivity index (χ3n) is 10.1. The maximum Gasteiger partial charge on any atom is 0.224 e. The van der Waals surface area contributed by atoms with Crippen molar-refractivity contribution < 1.29 is 4.79 Å². The normalized spacial score (nSPS) is 31.2. The lowest BCUT2D eigenvalue weighted by Crippen LogP contribution is -2.56. The predicted molar refractivity (Wildman–Crippen MR) is 151 cm³/mol. The van der Waals surface area contributed by atoms with Crippen LogP contribution in [-0.4, -0.2) is 71.5 Å². The van der Waals surface area contributed by atoms with E-state index in [-0.39, 0.29) is 11.6 Å².